The lowest BCUT2D eigenvalue weighted by Crippen LogP contribution is -2.36. The van der Waals surface area contributed by atoms with E-state index in [1.54, 1.807) is 0 Å². The highest BCUT2D eigenvalue weighted by Gasteiger charge is 2.20. The summed E-state index contributed by atoms with van der Waals surface area (Å²) in [4.78, 5) is 16.0. The summed E-state index contributed by atoms with van der Waals surface area (Å²) < 4.78 is 5.16. The highest BCUT2D eigenvalue weighted by Crippen LogP contribution is 2.18. The first-order chi connectivity index (χ1) is 9.36. The van der Waals surface area contributed by atoms with Gasteiger partial charge in [0.2, 0.25) is 11.8 Å². The summed E-state index contributed by atoms with van der Waals surface area (Å²) in [7, 11) is 0. The molecule has 0 aromatic carbocycles. The minimum absolute atomic E-state index is 0.0269. The fourth-order valence-electron chi connectivity index (χ4n) is 1.64. The summed E-state index contributed by atoms with van der Waals surface area (Å²) in [5.41, 5.74) is -0.130. The summed E-state index contributed by atoms with van der Waals surface area (Å²) in [6.07, 6.45) is 2.36. The van der Waals surface area contributed by atoms with Crippen LogP contribution in [0.2, 0.25) is 0 Å². The van der Waals surface area contributed by atoms with Crippen molar-refractivity contribution in [1.82, 2.24) is 15.5 Å². The maximum Gasteiger partial charge on any atom is 0.226 e. The number of nitrogens with zero attached hydrogens (tertiary/aromatic N) is 2. The molecule has 1 atom stereocenters. The summed E-state index contributed by atoms with van der Waals surface area (Å²) in [5, 5.41) is 15.7. The number of amides is 1. The van der Waals surface area contributed by atoms with E-state index in [9.17, 15) is 4.79 Å². The van der Waals surface area contributed by atoms with Gasteiger partial charge < -0.3 is 14.9 Å². The Balaban J connectivity index is 2.34. The first-order valence-corrected chi connectivity index (χ1v) is 7.10. The van der Waals surface area contributed by atoms with Crippen molar-refractivity contribution in [3.63, 3.8) is 0 Å². The van der Waals surface area contributed by atoms with Gasteiger partial charge in [0.25, 0.3) is 0 Å². The second-order valence-corrected chi connectivity index (χ2v) is 5.97. The van der Waals surface area contributed by atoms with Crippen LogP contribution in [-0.4, -0.2) is 33.8 Å². The topological polar surface area (TPSA) is 88.2 Å². The normalized spacial score (nSPS) is 13.2. The maximum absolute atomic E-state index is 11.6. The van der Waals surface area contributed by atoms with Crippen molar-refractivity contribution in [2.24, 2.45) is 0 Å². The van der Waals surface area contributed by atoms with Crippen LogP contribution in [0, 0.1) is 0 Å². The van der Waals surface area contributed by atoms with Crippen LogP contribution in [0.5, 0.6) is 0 Å². The molecular formula is C14H25N3O3. The predicted molar refractivity (Wildman–Crippen MR) is 75.2 cm³/mol. The van der Waals surface area contributed by atoms with Gasteiger partial charge in [-0.3, -0.25) is 4.79 Å². The number of aliphatic hydroxyl groups is 1. The molecule has 0 fully saturated rings. The zero-order valence-corrected chi connectivity index (χ0v) is 12.8. The summed E-state index contributed by atoms with van der Waals surface area (Å²) >= 11 is 0. The largest absolute Gasteiger partial charge is 0.394 e. The fraction of sp³-hybridized carbons (Fsp3) is 0.786. The Morgan fingerprint density at radius 1 is 1.45 bits per heavy atom. The number of hydrogen-bond acceptors (Lipinski definition) is 5. The van der Waals surface area contributed by atoms with Gasteiger partial charge in [0.1, 0.15) is 0 Å². The Kier molecular flexibility index (Phi) is 6.13. The molecule has 20 heavy (non-hydrogen) atoms. The molecule has 1 amide bonds. The van der Waals surface area contributed by atoms with Gasteiger partial charge in [0, 0.05) is 18.3 Å². The van der Waals surface area contributed by atoms with Crippen LogP contribution in [0.15, 0.2) is 4.52 Å². The van der Waals surface area contributed by atoms with E-state index in [1.807, 2.05) is 27.7 Å². The van der Waals surface area contributed by atoms with Gasteiger partial charge >= 0.3 is 0 Å². The highest BCUT2D eigenvalue weighted by molar-refractivity contribution is 5.76. The van der Waals surface area contributed by atoms with Crippen molar-refractivity contribution < 1.29 is 14.4 Å². The molecule has 1 unspecified atom stereocenters. The molecule has 0 bridgehead atoms. The third kappa shape index (κ3) is 5.28. The SMILES string of the molecule is CCC(CO)NC(=O)CCCc1nc(C(C)(C)C)no1. The first kappa shape index (κ1) is 16.6. The van der Waals surface area contributed by atoms with Crippen molar-refractivity contribution >= 4 is 5.91 Å². The predicted octanol–water partition coefficient (Wildman–Crippen LogP) is 1.58. The van der Waals surface area contributed by atoms with Crippen LogP contribution < -0.4 is 5.32 Å². The Bertz CT molecular complexity index is 420. The van der Waals surface area contributed by atoms with E-state index in [4.69, 9.17) is 9.63 Å². The van der Waals surface area contributed by atoms with E-state index < -0.39 is 0 Å². The molecule has 0 saturated carbocycles. The molecular weight excluding hydrogens is 258 g/mol. The summed E-state index contributed by atoms with van der Waals surface area (Å²) in [5.74, 6) is 1.20. The number of nitrogens with one attached hydrogen (secondary N) is 1. The van der Waals surface area contributed by atoms with Crippen molar-refractivity contribution in [2.75, 3.05) is 6.61 Å². The average Bonchev–Trinajstić information content (AvgIpc) is 2.84. The molecule has 0 radical (unpaired) electrons. The minimum Gasteiger partial charge on any atom is -0.394 e. The molecule has 1 aromatic heterocycles. The number of aliphatic hydroxyl groups excluding tert-OH is 1. The van der Waals surface area contributed by atoms with Crippen molar-refractivity contribution in [1.29, 1.82) is 0 Å². The molecule has 6 heteroatoms. The van der Waals surface area contributed by atoms with E-state index in [0.717, 1.165) is 6.42 Å². The molecule has 1 heterocycles. The van der Waals surface area contributed by atoms with Crippen LogP contribution in [0.3, 0.4) is 0 Å². The van der Waals surface area contributed by atoms with Gasteiger partial charge in [-0.25, -0.2) is 0 Å². The van der Waals surface area contributed by atoms with Crippen molar-refractivity contribution in [2.45, 2.75) is 64.8 Å². The van der Waals surface area contributed by atoms with Gasteiger partial charge in [0.05, 0.1) is 12.6 Å². The molecule has 1 rings (SSSR count). The first-order valence-electron chi connectivity index (χ1n) is 7.10. The Labute approximate surface area is 120 Å². The van der Waals surface area contributed by atoms with E-state index in [2.05, 4.69) is 15.5 Å². The third-order valence-electron chi connectivity index (χ3n) is 3.01. The van der Waals surface area contributed by atoms with E-state index in [1.165, 1.54) is 0 Å². The smallest absolute Gasteiger partial charge is 0.226 e. The van der Waals surface area contributed by atoms with Crippen LogP contribution in [0.25, 0.3) is 0 Å². The van der Waals surface area contributed by atoms with Crippen LogP contribution >= 0.6 is 0 Å². The number of rotatable bonds is 7. The lowest BCUT2D eigenvalue weighted by Gasteiger charge is -2.13. The lowest BCUT2D eigenvalue weighted by molar-refractivity contribution is -0.122. The van der Waals surface area contributed by atoms with E-state index in [-0.39, 0.29) is 24.0 Å². The van der Waals surface area contributed by atoms with Crippen LogP contribution in [0.1, 0.15) is 58.7 Å². The molecule has 0 aliphatic rings. The van der Waals surface area contributed by atoms with Gasteiger partial charge in [-0.1, -0.05) is 32.9 Å². The van der Waals surface area contributed by atoms with Crippen LogP contribution in [0.4, 0.5) is 0 Å². The Hall–Kier alpha value is -1.43. The molecule has 0 aliphatic heterocycles. The molecule has 1 aromatic rings. The third-order valence-corrected chi connectivity index (χ3v) is 3.01. The van der Waals surface area contributed by atoms with E-state index in [0.29, 0.717) is 31.0 Å². The molecule has 0 saturated heterocycles. The standard InChI is InChI=1S/C14H25N3O3/c1-5-10(9-18)15-11(19)7-6-8-12-16-13(17-20-12)14(2,3)4/h10,18H,5-9H2,1-4H3,(H,15,19). The Morgan fingerprint density at radius 3 is 2.65 bits per heavy atom. The quantitative estimate of drug-likeness (QED) is 0.793. The van der Waals surface area contributed by atoms with Gasteiger partial charge in [-0.05, 0) is 12.8 Å². The van der Waals surface area contributed by atoms with Crippen molar-refractivity contribution in [3.05, 3.63) is 11.7 Å². The van der Waals surface area contributed by atoms with Crippen LogP contribution in [-0.2, 0) is 16.6 Å². The molecule has 2 N–H and O–H groups in total. The average molecular weight is 283 g/mol. The number of aryl methyl sites for hydroxylation is 1. The van der Waals surface area contributed by atoms with Gasteiger partial charge in [-0.15, -0.1) is 0 Å². The second kappa shape index (κ2) is 7.38. The van der Waals surface area contributed by atoms with Gasteiger partial charge in [0.15, 0.2) is 5.82 Å². The zero-order chi connectivity index (χ0) is 15.2. The number of carbonyl (C=O) groups excluding carboxylic acids is 1. The molecule has 0 spiro atoms. The number of hydrogen-bond donors (Lipinski definition) is 2. The van der Waals surface area contributed by atoms with Gasteiger partial charge in [-0.2, -0.15) is 4.98 Å². The number of aromatic nitrogens is 2. The monoisotopic (exact) mass is 283 g/mol. The fourth-order valence-corrected chi connectivity index (χ4v) is 1.64. The highest BCUT2D eigenvalue weighted by atomic mass is 16.5. The Morgan fingerprint density at radius 2 is 2.15 bits per heavy atom. The summed E-state index contributed by atoms with van der Waals surface area (Å²) in [6.45, 7) is 7.97. The molecule has 6 nitrogen and oxygen atoms in total. The number of carbonyl (C=O) groups is 1. The molecule has 0 aliphatic carbocycles. The maximum atomic E-state index is 11.6. The van der Waals surface area contributed by atoms with E-state index >= 15 is 0 Å². The zero-order valence-electron chi connectivity index (χ0n) is 12.8. The minimum atomic E-state index is -0.154. The van der Waals surface area contributed by atoms with Crippen molar-refractivity contribution in [3.8, 4) is 0 Å². The molecule has 114 valence electrons. The second-order valence-electron chi connectivity index (χ2n) is 5.97. The summed E-state index contributed by atoms with van der Waals surface area (Å²) in [6, 6.07) is -0.154. The lowest BCUT2D eigenvalue weighted by atomic mass is 9.96.